The van der Waals surface area contributed by atoms with Crippen LogP contribution in [0.2, 0.25) is 5.02 Å². The summed E-state index contributed by atoms with van der Waals surface area (Å²) in [6.45, 7) is 7.02. The first-order valence-corrected chi connectivity index (χ1v) is 7.84. The predicted octanol–water partition coefficient (Wildman–Crippen LogP) is 2.84. The molecular formula is C16H23ClN2O. The van der Waals surface area contributed by atoms with Gasteiger partial charge in [-0.25, -0.2) is 0 Å². The van der Waals surface area contributed by atoms with Crippen LogP contribution < -0.4 is 10.5 Å². The van der Waals surface area contributed by atoms with Gasteiger partial charge >= 0.3 is 0 Å². The van der Waals surface area contributed by atoms with Crippen molar-refractivity contribution < 1.29 is 4.74 Å². The zero-order valence-corrected chi connectivity index (χ0v) is 12.9. The number of hydrogen-bond donors (Lipinski definition) is 1. The minimum Gasteiger partial charge on any atom is -0.493 e. The second-order valence-corrected chi connectivity index (χ2v) is 6.88. The average molecular weight is 295 g/mol. The molecule has 0 aliphatic carbocycles. The summed E-state index contributed by atoms with van der Waals surface area (Å²) in [6.07, 6.45) is 3.33. The topological polar surface area (TPSA) is 38.5 Å². The fraction of sp³-hybridized carbons (Fsp3) is 0.625. The molecule has 0 amide bonds. The molecule has 0 atom stereocenters. The number of hydrogen-bond acceptors (Lipinski definition) is 3. The monoisotopic (exact) mass is 294 g/mol. The van der Waals surface area contributed by atoms with Gasteiger partial charge in [-0.2, -0.15) is 0 Å². The molecular weight excluding hydrogens is 272 g/mol. The Labute approximate surface area is 126 Å². The summed E-state index contributed by atoms with van der Waals surface area (Å²) in [4.78, 5) is 2.49. The Hall–Kier alpha value is -0.770. The summed E-state index contributed by atoms with van der Waals surface area (Å²) in [5.41, 5.74) is 8.69. The molecule has 3 rings (SSSR count). The van der Waals surface area contributed by atoms with E-state index in [1.54, 1.807) is 0 Å². The third-order valence-electron chi connectivity index (χ3n) is 4.78. The maximum atomic E-state index is 6.22. The first-order valence-electron chi connectivity index (χ1n) is 7.46. The summed E-state index contributed by atoms with van der Waals surface area (Å²) in [7, 11) is 0. The molecule has 1 fully saturated rings. The van der Waals surface area contributed by atoms with E-state index in [9.17, 15) is 0 Å². The Morgan fingerprint density at radius 1 is 1.35 bits per heavy atom. The normalized spacial score (nSPS) is 21.6. The van der Waals surface area contributed by atoms with Gasteiger partial charge in [0.15, 0.2) is 0 Å². The minimum absolute atomic E-state index is 0.323. The van der Waals surface area contributed by atoms with Crippen molar-refractivity contribution in [1.29, 1.82) is 0 Å². The zero-order chi connectivity index (χ0) is 14.2. The van der Waals surface area contributed by atoms with E-state index in [1.807, 2.05) is 6.07 Å². The van der Waals surface area contributed by atoms with Gasteiger partial charge in [0.1, 0.15) is 5.75 Å². The van der Waals surface area contributed by atoms with Crippen molar-refractivity contribution in [2.75, 3.05) is 26.2 Å². The van der Waals surface area contributed by atoms with Crippen molar-refractivity contribution in [3.8, 4) is 5.75 Å². The van der Waals surface area contributed by atoms with Crippen LogP contribution in [-0.4, -0.2) is 31.1 Å². The van der Waals surface area contributed by atoms with E-state index in [0.717, 1.165) is 50.0 Å². The number of rotatable bonds is 3. The van der Waals surface area contributed by atoms with Crippen LogP contribution in [0.5, 0.6) is 5.75 Å². The maximum absolute atomic E-state index is 6.22. The SMILES string of the molecule is CC1(CN)CCN(Cc2cc(Cl)cc3c2OCC3)CC1. The highest BCUT2D eigenvalue weighted by Gasteiger charge is 2.29. The van der Waals surface area contributed by atoms with E-state index >= 15 is 0 Å². The molecule has 1 aromatic rings. The van der Waals surface area contributed by atoms with E-state index in [2.05, 4.69) is 17.9 Å². The van der Waals surface area contributed by atoms with E-state index in [-0.39, 0.29) is 0 Å². The molecule has 2 aliphatic rings. The molecule has 110 valence electrons. The third kappa shape index (κ3) is 2.80. The molecule has 2 N–H and O–H groups in total. The molecule has 0 saturated carbocycles. The molecule has 3 nitrogen and oxygen atoms in total. The van der Waals surface area contributed by atoms with E-state index in [4.69, 9.17) is 22.1 Å². The van der Waals surface area contributed by atoms with E-state index in [1.165, 1.54) is 24.0 Å². The summed E-state index contributed by atoms with van der Waals surface area (Å²) >= 11 is 6.22. The second kappa shape index (κ2) is 5.55. The van der Waals surface area contributed by atoms with Crippen LogP contribution in [-0.2, 0) is 13.0 Å². The highest BCUT2D eigenvalue weighted by molar-refractivity contribution is 6.30. The first-order chi connectivity index (χ1) is 9.59. The number of fused-ring (bicyclic) bond motifs is 1. The minimum atomic E-state index is 0.323. The standard InChI is InChI=1S/C16H23ClN2O/c1-16(11-18)3-5-19(6-4-16)10-13-9-14(17)8-12-2-7-20-15(12)13/h8-9H,2-7,10-11,18H2,1H3. The molecule has 1 aromatic carbocycles. The van der Waals surface area contributed by atoms with Gasteiger partial charge in [0.25, 0.3) is 0 Å². The van der Waals surface area contributed by atoms with Gasteiger partial charge in [0.05, 0.1) is 6.61 Å². The average Bonchev–Trinajstić information content (AvgIpc) is 2.90. The zero-order valence-electron chi connectivity index (χ0n) is 12.1. The molecule has 0 bridgehead atoms. The van der Waals surface area contributed by atoms with Gasteiger partial charge in [0, 0.05) is 23.6 Å². The number of nitrogens with two attached hydrogens (primary N) is 1. The van der Waals surface area contributed by atoms with Crippen LogP contribution in [0.25, 0.3) is 0 Å². The highest BCUT2D eigenvalue weighted by atomic mass is 35.5. The van der Waals surface area contributed by atoms with Gasteiger partial charge in [-0.3, -0.25) is 4.90 Å². The van der Waals surface area contributed by atoms with Gasteiger partial charge in [-0.05, 0) is 55.6 Å². The summed E-state index contributed by atoms with van der Waals surface area (Å²) in [6, 6.07) is 4.09. The van der Waals surface area contributed by atoms with Crippen molar-refractivity contribution in [2.45, 2.75) is 32.7 Å². The lowest BCUT2D eigenvalue weighted by Gasteiger charge is -2.38. The second-order valence-electron chi connectivity index (χ2n) is 6.44. The van der Waals surface area contributed by atoms with Gasteiger partial charge < -0.3 is 10.5 Å². The van der Waals surface area contributed by atoms with Crippen LogP contribution in [0.15, 0.2) is 12.1 Å². The van der Waals surface area contributed by atoms with Crippen LogP contribution in [0.3, 0.4) is 0 Å². The Morgan fingerprint density at radius 2 is 2.10 bits per heavy atom. The molecule has 2 heterocycles. The number of piperidine rings is 1. The van der Waals surface area contributed by atoms with Crippen LogP contribution in [0.4, 0.5) is 0 Å². The lowest BCUT2D eigenvalue weighted by molar-refractivity contribution is 0.118. The number of benzene rings is 1. The molecule has 1 saturated heterocycles. The van der Waals surface area contributed by atoms with Crippen molar-refractivity contribution in [3.05, 3.63) is 28.3 Å². The fourth-order valence-electron chi connectivity index (χ4n) is 3.16. The number of ether oxygens (including phenoxy) is 1. The molecule has 20 heavy (non-hydrogen) atoms. The lowest BCUT2D eigenvalue weighted by Crippen LogP contribution is -2.41. The Balaban J connectivity index is 1.71. The number of halogens is 1. The third-order valence-corrected chi connectivity index (χ3v) is 4.99. The Kier molecular flexibility index (Phi) is 3.93. The number of likely N-dealkylation sites (tertiary alicyclic amines) is 1. The molecule has 4 heteroatoms. The summed E-state index contributed by atoms with van der Waals surface area (Å²) in [5.74, 6) is 1.07. The maximum Gasteiger partial charge on any atom is 0.127 e. The first kappa shape index (κ1) is 14.2. The smallest absolute Gasteiger partial charge is 0.127 e. The molecule has 0 radical (unpaired) electrons. The van der Waals surface area contributed by atoms with E-state index in [0.29, 0.717) is 5.41 Å². The summed E-state index contributed by atoms with van der Waals surface area (Å²) < 4.78 is 5.78. The van der Waals surface area contributed by atoms with E-state index < -0.39 is 0 Å². The molecule has 0 aromatic heterocycles. The lowest BCUT2D eigenvalue weighted by atomic mass is 9.80. The van der Waals surface area contributed by atoms with Crippen LogP contribution >= 0.6 is 11.6 Å². The van der Waals surface area contributed by atoms with Crippen molar-refractivity contribution in [1.82, 2.24) is 4.90 Å². The highest BCUT2D eigenvalue weighted by Crippen LogP contribution is 2.35. The Morgan fingerprint density at radius 3 is 2.80 bits per heavy atom. The van der Waals surface area contributed by atoms with Gasteiger partial charge in [-0.15, -0.1) is 0 Å². The van der Waals surface area contributed by atoms with Crippen LogP contribution in [0.1, 0.15) is 30.9 Å². The van der Waals surface area contributed by atoms with Crippen LogP contribution in [0, 0.1) is 5.41 Å². The molecule has 2 aliphatic heterocycles. The molecule has 0 spiro atoms. The van der Waals surface area contributed by atoms with Gasteiger partial charge in [0.2, 0.25) is 0 Å². The Bertz CT molecular complexity index is 495. The van der Waals surface area contributed by atoms with Gasteiger partial charge in [-0.1, -0.05) is 18.5 Å². The predicted molar refractivity (Wildman–Crippen MR) is 82.3 cm³/mol. The van der Waals surface area contributed by atoms with Crippen molar-refractivity contribution in [3.63, 3.8) is 0 Å². The van der Waals surface area contributed by atoms with Crippen molar-refractivity contribution >= 4 is 11.6 Å². The summed E-state index contributed by atoms with van der Waals surface area (Å²) in [5, 5.41) is 0.827. The fourth-order valence-corrected chi connectivity index (χ4v) is 3.42. The quantitative estimate of drug-likeness (QED) is 0.932. The molecule has 0 unspecified atom stereocenters. The number of nitrogens with zero attached hydrogens (tertiary/aromatic N) is 1. The van der Waals surface area contributed by atoms with Crippen molar-refractivity contribution in [2.24, 2.45) is 11.1 Å². The largest absolute Gasteiger partial charge is 0.493 e.